The predicted molar refractivity (Wildman–Crippen MR) is 127 cm³/mol. The second-order valence-corrected chi connectivity index (χ2v) is 8.50. The first-order valence-corrected chi connectivity index (χ1v) is 11.5. The average molecular weight is 436 g/mol. The molecular formula is C23H21N3O2S2. The third-order valence-electron chi connectivity index (χ3n) is 4.86. The molecule has 0 atom stereocenters. The number of carbonyl (C=O) groups excluding carboxylic acids is 1. The number of allylic oxidation sites excluding steroid dienone is 1. The van der Waals surface area contributed by atoms with Gasteiger partial charge in [0.1, 0.15) is 4.83 Å². The Bertz CT molecular complexity index is 1290. The number of benzene rings is 2. The zero-order valence-electron chi connectivity index (χ0n) is 16.6. The molecule has 0 N–H and O–H groups in total. The van der Waals surface area contributed by atoms with Gasteiger partial charge in [-0.15, -0.1) is 17.9 Å². The van der Waals surface area contributed by atoms with Gasteiger partial charge in [-0.05, 0) is 29.8 Å². The van der Waals surface area contributed by atoms with E-state index in [1.807, 2.05) is 54.8 Å². The number of hydrogen-bond acceptors (Lipinski definition) is 5. The van der Waals surface area contributed by atoms with Crippen LogP contribution in [0.4, 0.5) is 5.69 Å². The van der Waals surface area contributed by atoms with E-state index < -0.39 is 0 Å². The van der Waals surface area contributed by atoms with E-state index in [0.717, 1.165) is 16.5 Å². The van der Waals surface area contributed by atoms with Crippen molar-refractivity contribution < 1.29 is 4.79 Å². The number of amides is 1. The maximum atomic E-state index is 13.1. The molecule has 2 aromatic heterocycles. The van der Waals surface area contributed by atoms with Gasteiger partial charge in [-0.1, -0.05) is 54.2 Å². The Morgan fingerprint density at radius 2 is 2.00 bits per heavy atom. The van der Waals surface area contributed by atoms with Crippen molar-refractivity contribution in [2.75, 3.05) is 17.2 Å². The summed E-state index contributed by atoms with van der Waals surface area (Å²) in [7, 11) is 0. The quantitative estimate of drug-likeness (QED) is 0.234. The van der Waals surface area contributed by atoms with Gasteiger partial charge in [-0.3, -0.25) is 14.2 Å². The summed E-state index contributed by atoms with van der Waals surface area (Å²) in [4.78, 5) is 33.0. The molecule has 0 fully saturated rings. The second-order valence-electron chi connectivity index (χ2n) is 6.66. The number of thioether (sulfide) groups is 1. The minimum absolute atomic E-state index is 0.0236. The molecule has 0 bridgehead atoms. The molecule has 0 saturated heterocycles. The van der Waals surface area contributed by atoms with Gasteiger partial charge in [0.15, 0.2) is 5.16 Å². The van der Waals surface area contributed by atoms with Gasteiger partial charge in [0.05, 0.1) is 16.8 Å². The summed E-state index contributed by atoms with van der Waals surface area (Å²) in [5.74, 6) is 0.168. The van der Waals surface area contributed by atoms with Crippen molar-refractivity contribution in [1.82, 2.24) is 9.55 Å². The first-order valence-electron chi connectivity index (χ1n) is 9.64. The van der Waals surface area contributed by atoms with E-state index in [1.165, 1.54) is 23.1 Å². The van der Waals surface area contributed by atoms with Crippen molar-refractivity contribution in [3.8, 4) is 0 Å². The van der Waals surface area contributed by atoms with Crippen LogP contribution >= 0.6 is 23.1 Å². The topological polar surface area (TPSA) is 55.2 Å². The fourth-order valence-corrected chi connectivity index (χ4v) is 5.15. The van der Waals surface area contributed by atoms with E-state index in [2.05, 4.69) is 11.6 Å². The summed E-state index contributed by atoms with van der Waals surface area (Å²) >= 11 is 2.72. The summed E-state index contributed by atoms with van der Waals surface area (Å²) in [5.41, 5.74) is 0.795. The standard InChI is InChI=1S/C23H21N3O2S2/c1-3-13-26-22(28)18-12-14-29-21(18)24-23(26)30-15-20(27)25(4-2)19-11-7-9-16-8-5-6-10-17(16)19/h3,5-12,14H,1,4,13,15H2,2H3. The lowest BCUT2D eigenvalue weighted by Crippen LogP contribution is -2.32. The first-order chi connectivity index (χ1) is 14.6. The highest BCUT2D eigenvalue weighted by atomic mass is 32.2. The molecule has 0 spiro atoms. The van der Waals surface area contributed by atoms with Gasteiger partial charge in [0.2, 0.25) is 5.91 Å². The third-order valence-corrected chi connectivity index (χ3v) is 6.63. The maximum absolute atomic E-state index is 13.1. The third kappa shape index (κ3) is 3.78. The van der Waals surface area contributed by atoms with Crippen LogP contribution in [0, 0.1) is 0 Å². The summed E-state index contributed by atoms with van der Waals surface area (Å²) in [6, 6.07) is 15.8. The van der Waals surface area contributed by atoms with E-state index in [9.17, 15) is 9.59 Å². The fraction of sp³-hybridized carbons (Fsp3) is 0.174. The minimum Gasteiger partial charge on any atom is -0.311 e. The lowest BCUT2D eigenvalue weighted by Gasteiger charge is -2.23. The maximum Gasteiger partial charge on any atom is 0.263 e. The Hall–Kier alpha value is -2.90. The fourth-order valence-electron chi connectivity index (χ4n) is 3.46. The SMILES string of the molecule is C=CCn1c(SCC(=O)N(CC)c2cccc3ccccc23)nc2sccc2c1=O. The molecule has 2 heterocycles. The van der Waals surface area contributed by atoms with Crippen molar-refractivity contribution in [2.45, 2.75) is 18.6 Å². The molecule has 4 rings (SSSR count). The number of thiophene rings is 1. The Balaban J connectivity index is 1.63. The summed E-state index contributed by atoms with van der Waals surface area (Å²) in [5, 5.41) is 5.14. The molecule has 30 heavy (non-hydrogen) atoms. The van der Waals surface area contributed by atoms with Gasteiger partial charge in [-0.25, -0.2) is 4.98 Å². The number of fused-ring (bicyclic) bond motifs is 2. The van der Waals surface area contributed by atoms with E-state index in [-0.39, 0.29) is 17.2 Å². The molecule has 5 nitrogen and oxygen atoms in total. The lowest BCUT2D eigenvalue weighted by atomic mass is 10.1. The number of anilines is 1. The minimum atomic E-state index is -0.0995. The van der Waals surface area contributed by atoms with E-state index in [4.69, 9.17) is 0 Å². The number of rotatable bonds is 7. The van der Waals surface area contributed by atoms with Crippen LogP contribution in [-0.2, 0) is 11.3 Å². The van der Waals surface area contributed by atoms with Crippen molar-refractivity contribution in [2.24, 2.45) is 0 Å². The molecular weight excluding hydrogens is 414 g/mol. The Kier molecular flexibility index (Phi) is 6.01. The van der Waals surface area contributed by atoms with Gasteiger partial charge in [0, 0.05) is 18.5 Å². The molecule has 1 amide bonds. The zero-order valence-corrected chi connectivity index (χ0v) is 18.2. The van der Waals surface area contributed by atoms with Gasteiger partial charge < -0.3 is 4.90 Å². The average Bonchev–Trinajstić information content (AvgIpc) is 3.24. The van der Waals surface area contributed by atoms with Crippen molar-refractivity contribution in [1.29, 1.82) is 0 Å². The molecule has 7 heteroatoms. The van der Waals surface area contributed by atoms with Gasteiger partial charge in [-0.2, -0.15) is 0 Å². The van der Waals surface area contributed by atoms with Crippen LogP contribution in [-0.4, -0.2) is 27.8 Å². The summed E-state index contributed by atoms with van der Waals surface area (Å²) in [6.07, 6.45) is 1.67. The Morgan fingerprint density at radius 3 is 2.80 bits per heavy atom. The van der Waals surface area contributed by atoms with Crippen LogP contribution in [0.15, 0.2) is 76.5 Å². The monoisotopic (exact) mass is 435 g/mol. The van der Waals surface area contributed by atoms with Crippen LogP contribution in [0.25, 0.3) is 21.0 Å². The van der Waals surface area contributed by atoms with Crippen LogP contribution in [0.2, 0.25) is 0 Å². The highest BCUT2D eigenvalue weighted by molar-refractivity contribution is 7.99. The van der Waals surface area contributed by atoms with Gasteiger partial charge >= 0.3 is 0 Å². The zero-order chi connectivity index (χ0) is 21.1. The van der Waals surface area contributed by atoms with E-state index in [1.54, 1.807) is 21.6 Å². The van der Waals surface area contributed by atoms with Crippen molar-refractivity contribution >= 4 is 55.7 Å². The number of nitrogens with zero attached hydrogens (tertiary/aromatic N) is 3. The summed E-state index contributed by atoms with van der Waals surface area (Å²) < 4.78 is 1.58. The van der Waals surface area contributed by atoms with E-state index >= 15 is 0 Å². The molecule has 0 aliphatic heterocycles. The van der Waals surface area contributed by atoms with Crippen LogP contribution < -0.4 is 10.5 Å². The molecule has 152 valence electrons. The largest absolute Gasteiger partial charge is 0.311 e. The smallest absolute Gasteiger partial charge is 0.263 e. The van der Waals surface area contributed by atoms with Crippen molar-refractivity contribution in [3.63, 3.8) is 0 Å². The van der Waals surface area contributed by atoms with Crippen LogP contribution in [0.1, 0.15) is 6.92 Å². The van der Waals surface area contributed by atoms with Crippen molar-refractivity contribution in [3.05, 3.63) is 76.9 Å². The number of aromatic nitrogens is 2. The predicted octanol–water partition coefficient (Wildman–Crippen LogP) is 4.94. The molecule has 0 saturated carbocycles. The van der Waals surface area contributed by atoms with Crippen LogP contribution in [0.5, 0.6) is 0 Å². The normalized spacial score (nSPS) is 11.1. The molecule has 0 radical (unpaired) electrons. The molecule has 0 aliphatic rings. The lowest BCUT2D eigenvalue weighted by molar-refractivity contribution is -0.116. The second kappa shape index (κ2) is 8.85. The molecule has 4 aromatic rings. The van der Waals surface area contributed by atoms with Crippen LogP contribution in [0.3, 0.4) is 0 Å². The summed E-state index contributed by atoms with van der Waals surface area (Å²) in [6.45, 7) is 6.62. The van der Waals surface area contributed by atoms with Gasteiger partial charge in [0.25, 0.3) is 5.56 Å². The number of carbonyl (C=O) groups is 1. The highest BCUT2D eigenvalue weighted by Gasteiger charge is 2.19. The van der Waals surface area contributed by atoms with E-state index in [0.29, 0.717) is 28.5 Å². The Morgan fingerprint density at radius 1 is 1.20 bits per heavy atom. The number of hydrogen-bond donors (Lipinski definition) is 0. The molecule has 0 unspecified atom stereocenters. The highest BCUT2D eigenvalue weighted by Crippen LogP contribution is 2.28. The molecule has 2 aromatic carbocycles. The first kappa shape index (κ1) is 20.4. The Labute approximate surface area is 182 Å². The molecule has 0 aliphatic carbocycles.